The first kappa shape index (κ1) is 20.2. The third-order valence-electron chi connectivity index (χ3n) is 5.33. The highest BCUT2D eigenvalue weighted by Gasteiger charge is 2.18. The van der Waals surface area contributed by atoms with Crippen molar-refractivity contribution in [3.8, 4) is 11.4 Å². The summed E-state index contributed by atoms with van der Waals surface area (Å²) < 4.78 is 3.51. The van der Waals surface area contributed by atoms with E-state index >= 15 is 0 Å². The molecule has 33 heavy (non-hydrogen) atoms. The Morgan fingerprint density at radius 1 is 1.00 bits per heavy atom. The summed E-state index contributed by atoms with van der Waals surface area (Å²) in [6, 6.07) is 24.2. The number of fused-ring (bicyclic) bond motifs is 1. The molecule has 162 valence electrons. The van der Waals surface area contributed by atoms with Crippen molar-refractivity contribution in [1.82, 2.24) is 19.3 Å². The van der Waals surface area contributed by atoms with E-state index in [0.717, 1.165) is 16.7 Å². The number of nitrogens with zero attached hydrogens (tertiary/aromatic N) is 4. The Balaban J connectivity index is 1.53. The van der Waals surface area contributed by atoms with Crippen molar-refractivity contribution >= 4 is 28.5 Å². The van der Waals surface area contributed by atoms with Gasteiger partial charge in [0.05, 0.1) is 33.8 Å². The van der Waals surface area contributed by atoms with Gasteiger partial charge in [-0.05, 0) is 49.4 Å². The molecule has 0 unspecified atom stereocenters. The standard InChI is InChI=1S/C25H21N7O/c1-16-13-23(32(30-16)18-8-6-7-17(14-18)24(26)27)25(33)29-20-10-3-5-12-22(20)31-15-28-19-9-2-4-11-21(19)31/h2-15H,1H3,(H3,26,27)(H,29,33). The summed E-state index contributed by atoms with van der Waals surface area (Å²) >= 11 is 0. The molecule has 0 aliphatic rings. The Kier molecular flexibility index (Phi) is 4.95. The molecule has 0 saturated heterocycles. The van der Waals surface area contributed by atoms with Gasteiger partial charge in [0.25, 0.3) is 5.91 Å². The minimum Gasteiger partial charge on any atom is -0.384 e. The SMILES string of the molecule is Cc1cc(C(=O)Nc2ccccc2-n2cnc3ccccc32)n(-c2cccc(C(=N)N)c2)n1. The number of nitrogen functional groups attached to an aromatic ring is 1. The highest BCUT2D eigenvalue weighted by atomic mass is 16.2. The second-order valence-electron chi connectivity index (χ2n) is 7.62. The molecular weight excluding hydrogens is 414 g/mol. The van der Waals surface area contributed by atoms with Crippen LogP contribution in [0.2, 0.25) is 0 Å². The van der Waals surface area contributed by atoms with Crippen molar-refractivity contribution in [3.05, 3.63) is 102 Å². The van der Waals surface area contributed by atoms with E-state index in [2.05, 4.69) is 15.4 Å². The van der Waals surface area contributed by atoms with Crippen molar-refractivity contribution in [2.24, 2.45) is 5.73 Å². The van der Waals surface area contributed by atoms with E-state index in [1.54, 1.807) is 35.3 Å². The maximum atomic E-state index is 13.4. The number of anilines is 1. The van der Waals surface area contributed by atoms with Crippen molar-refractivity contribution < 1.29 is 4.79 Å². The van der Waals surface area contributed by atoms with Gasteiger partial charge in [-0.1, -0.05) is 36.4 Å². The van der Waals surface area contributed by atoms with E-state index in [4.69, 9.17) is 11.1 Å². The number of aryl methyl sites for hydroxylation is 1. The summed E-state index contributed by atoms with van der Waals surface area (Å²) in [6.07, 6.45) is 1.75. The molecule has 0 atom stereocenters. The topological polar surface area (TPSA) is 115 Å². The van der Waals surface area contributed by atoms with Gasteiger partial charge < -0.3 is 11.1 Å². The van der Waals surface area contributed by atoms with E-state index in [-0.39, 0.29) is 11.7 Å². The Hall–Kier alpha value is -4.72. The van der Waals surface area contributed by atoms with Gasteiger partial charge in [0.2, 0.25) is 0 Å². The van der Waals surface area contributed by atoms with Crippen molar-refractivity contribution in [2.75, 3.05) is 5.32 Å². The molecule has 0 saturated carbocycles. The van der Waals surface area contributed by atoms with Gasteiger partial charge in [-0.2, -0.15) is 5.10 Å². The second kappa shape index (κ2) is 8.08. The number of imidazole rings is 1. The lowest BCUT2D eigenvalue weighted by Gasteiger charge is -2.13. The summed E-state index contributed by atoms with van der Waals surface area (Å²) in [6.45, 7) is 1.83. The molecule has 1 amide bonds. The molecule has 0 bridgehead atoms. The number of para-hydroxylation sites is 4. The fraction of sp³-hybridized carbons (Fsp3) is 0.0400. The lowest BCUT2D eigenvalue weighted by Crippen LogP contribution is -2.18. The van der Waals surface area contributed by atoms with Gasteiger partial charge in [-0.15, -0.1) is 0 Å². The lowest BCUT2D eigenvalue weighted by atomic mass is 10.2. The Morgan fingerprint density at radius 3 is 2.64 bits per heavy atom. The summed E-state index contributed by atoms with van der Waals surface area (Å²) in [7, 11) is 0. The van der Waals surface area contributed by atoms with E-state index in [0.29, 0.717) is 28.3 Å². The lowest BCUT2D eigenvalue weighted by molar-refractivity contribution is 0.101. The van der Waals surface area contributed by atoms with Crippen molar-refractivity contribution in [3.63, 3.8) is 0 Å². The molecule has 3 aromatic carbocycles. The van der Waals surface area contributed by atoms with Crippen LogP contribution in [0.3, 0.4) is 0 Å². The zero-order valence-corrected chi connectivity index (χ0v) is 17.9. The number of nitrogens with one attached hydrogen (secondary N) is 2. The number of amides is 1. The van der Waals surface area contributed by atoms with Crippen molar-refractivity contribution in [1.29, 1.82) is 5.41 Å². The maximum absolute atomic E-state index is 13.4. The van der Waals surface area contributed by atoms with Crippen molar-refractivity contribution in [2.45, 2.75) is 6.92 Å². The third kappa shape index (κ3) is 3.74. The van der Waals surface area contributed by atoms with Crippen LogP contribution in [0.5, 0.6) is 0 Å². The molecule has 5 aromatic rings. The average molecular weight is 435 g/mol. The number of carbonyl (C=O) groups is 1. The van der Waals surface area contributed by atoms with Crippen LogP contribution in [0.1, 0.15) is 21.7 Å². The van der Waals surface area contributed by atoms with E-state index < -0.39 is 0 Å². The predicted molar refractivity (Wildman–Crippen MR) is 128 cm³/mol. The molecule has 8 nitrogen and oxygen atoms in total. The maximum Gasteiger partial charge on any atom is 0.274 e. The number of hydrogen-bond donors (Lipinski definition) is 3. The smallest absolute Gasteiger partial charge is 0.274 e. The second-order valence-corrected chi connectivity index (χ2v) is 7.62. The van der Waals surface area contributed by atoms with E-state index in [1.807, 2.05) is 66.1 Å². The molecule has 5 rings (SSSR count). The number of carbonyl (C=O) groups excluding carboxylic acids is 1. The van der Waals surface area contributed by atoms with Crippen LogP contribution in [0.15, 0.2) is 85.2 Å². The van der Waals surface area contributed by atoms with Crippen LogP contribution in [-0.4, -0.2) is 31.1 Å². The number of aromatic nitrogens is 4. The van der Waals surface area contributed by atoms with Crippen LogP contribution in [0.4, 0.5) is 5.69 Å². The van der Waals surface area contributed by atoms with E-state index in [9.17, 15) is 4.79 Å². The Labute approximate surface area is 189 Å². The quantitative estimate of drug-likeness (QED) is 0.285. The molecule has 4 N–H and O–H groups in total. The zero-order valence-electron chi connectivity index (χ0n) is 17.9. The zero-order chi connectivity index (χ0) is 22.9. The van der Waals surface area contributed by atoms with Crippen LogP contribution >= 0.6 is 0 Å². The molecule has 2 heterocycles. The molecule has 2 aromatic heterocycles. The highest BCUT2D eigenvalue weighted by Crippen LogP contribution is 2.25. The third-order valence-corrected chi connectivity index (χ3v) is 5.33. The first-order chi connectivity index (χ1) is 16.0. The van der Waals surface area contributed by atoms with Crippen LogP contribution in [0, 0.1) is 12.3 Å². The van der Waals surface area contributed by atoms with Crippen LogP contribution < -0.4 is 11.1 Å². The first-order valence-electron chi connectivity index (χ1n) is 10.4. The fourth-order valence-corrected chi connectivity index (χ4v) is 3.79. The molecule has 0 radical (unpaired) electrons. The molecule has 0 fully saturated rings. The number of nitrogens with two attached hydrogens (primary N) is 1. The van der Waals surface area contributed by atoms with Gasteiger partial charge in [0.1, 0.15) is 17.9 Å². The van der Waals surface area contributed by atoms with Crippen LogP contribution in [-0.2, 0) is 0 Å². The number of amidine groups is 1. The average Bonchev–Trinajstić information content (AvgIpc) is 3.43. The predicted octanol–water partition coefficient (Wildman–Crippen LogP) is 4.06. The van der Waals surface area contributed by atoms with E-state index in [1.165, 1.54) is 0 Å². The molecule has 0 aliphatic carbocycles. The Morgan fingerprint density at radius 2 is 1.79 bits per heavy atom. The van der Waals surface area contributed by atoms with Gasteiger partial charge in [0, 0.05) is 5.56 Å². The fourth-order valence-electron chi connectivity index (χ4n) is 3.79. The number of rotatable bonds is 5. The largest absolute Gasteiger partial charge is 0.384 e. The van der Waals surface area contributed by atoms with Gasteiger partial charge in [-0.25, -0.2) is 9.67 Å². The molecule has 8 heteroatoms. The first-order valence-corrected chi connectivity index (χ1v) is 10.4. The molecular formula is C25H21N7O. The summed E-state index contributed by atoms with van der Waals surface area (Å²) in [4.78, 5) is 17.8. The minimum absolute atomic E-state index is 0.0479. The molecule has 0 spiro atoms. The normalized spacial score (nSPS) is 10.9. The summed E-state index contributed by atoms with van der Waals surface area (Å²) in [5.74, 6) is -0.353. The number of hydrogen-bond acceptors (Lipinski definition) is 4. The molecule has 0 aliphatic heterocycles. The summed E-state index contributed by atoms with van der Waals surface area (Å²) in [5.41, 5.74) is 11.2. The van der Waals surface area contributed by atoms with Crippen LogP contribution in [0.25, 0.3) is 22.4 Å². The Bertz CT molecular complexity index is 1510. The van der Waals surface area contributed by atoms with Gasteiger partial charge in [0.15, 0.2) is 0 Å². The van der Waals surface area contributed by atoms with Gasteiger partial charge >= 0.3 is 0 Å². The monoisotopic (exact) mass is 435 g/mol. The highest BCUT2D eigenvalue weighted by molar-refractivity contribution is 6.05. The number of benzene rings is 3. The van der Waals surface area contributed by atoms with Gasteiger partial charge in [-0.3, -0.25) is 14.8 Å². The summed E-state index contributed by atoms with van der Waals surface area (Å²) in [5, 5.41) is 15.2. The minimum atomic E-state index is -0.305.